The molecule has 0 heterocycles. The highest BCUT2D eigenvalue weighted by Crippen LogP contribution is 2.48. The maximum atomic E-state index is 13.7. The SMILES string of the molecule is CN(C)CCCNC1=C(C(=O)OC(C)(C)C)[C@H](c2ccc(Cl)cc2)[C@@H](C(=O)OC(C)(C)C)[C@@](C)(O)C1. The predicted octanol–water partition coefficient (Wildman–Crippen LogP) is 4.67. The quantitative estimate of drug-likeness (QED) is 0.379. The number of rotatable bonds is 8. The molecule has 36 heavy (non-hydrogen) atoms. The number of benzene rings is 1. The van der Waals surface area contributed by atoms with Crippen molar-refractivity contribution >= 4 is 23.5 Å². The molecular weight excluding hydrogens is 480 g/mol. The van der Waals surface area contributed by atoms with Crippen molar-refractivity contribution in [1.82, 2.24) is 10.2 Å². The Morgan fingerprint density at radius 1 is 1.08 bits per heavy atom. The zero-order chi connectivity index (χ0) is 27.5. The van der Waals surface area contributed by atoms with Crippen LogP contribution < -0.4 is 5.32 Å². The molecule has 3 atom stereocenters. The van der Waals surface area contributed by atoms with E-state index in [-0.39, 0.29) is 6.42 Å². The summed E-state index contributed by atoms with van der Waals surface area (Å²) >= 11 is 6.16. The van der Waals surface area contributed by atoms with Crippen molar-refractivity contribution in [3.8, 4) is 0 Å². The first-order valence-corrected chi connectivity index (χ1v) is 12.8. The lowest BCUT2D eigenvalue weighted by Gasteiger charge is -2.44. The van der Waals surface area contributed by atoms with E-state index in [9.17, 15) is 14.7 Å². The van der Waals surface area contributed by atoms with Gasteiger partial charge in [-0.05, 0) is 93.2 Å². The van der Waals surface area contributed by atoms with Gasteiger partial charge in [-0.15, -0.1) is 0 Å². The third-order valence-corrected chi connectivity index (χ3v) is 6.06. The van der Waals surface area contributed by atoms with Crippen molar-refractivity contribution < 1.29 is 24.2 Å². The van der Waals surface area contributed by atoms with Crippen LogP contribution in [-0.2, 0) is 19.1 Å². The third-order valence-electron chi connectivity index (χ3n) is 5.80. The smallest absolute Gasteiger partial charge is 0.336 e. The zero-order valence-corrected chi connectivity index (χ0v) is 24.0. The summed E-state index contributed by atoms with van der Waals surface area (Å²) < 4.78 is 11.6. The lowest BCUT2D eigenvalue weighted by molar-refractivity contribution is -0.171. The van der Waals surface area contributed by atoms with Crippen LogP contribution in [0.15, 0.2) is 35.5 Å². The Bertz CT molecular complexity index is 956. The Morgan fingerprint density at radius 2 is 1.64 bits per heavy atom. The summed E-state index contributed by atoms with van der Waals surface area (Å²) in [7, 11) is 4.00. The summed E-state index contributed by atoms with van der Waals surface area (Å²) in [4.78, 5) is 29.3. The molecule has 2 rings (SSSR count). The highest BCUT2D eigenvalue weighted by atomic mass is 35.5. The van der Waals surface area contributed by atoms with Gasteiger partial charge in [-0.2, -0.15) is 0 Å². The van der Waals surface area contributed by atoms with Gasteiger partial charge >= 0.3 is 11.9 Å². The van der Waals surface area contributed by atoms with Gasteiger partial charge in [-0.3, -0.25) is 4.79 Å². The van der Waals surface area contributed by atoms with Crippen LogP contribution in [0.5, 0.6) is 0 Å². The first kappa shape index (κ1) is 30.1. The average Bonchev–Trinajstić information content (AvgIpc) is 2.67. The molecule has 0 fully saturated rings. The van der Waals surface area contributed by atoms with Crippen molar-refractivity contribution in [3.63, 3.8) is 0 Å². The Morgan fingerprint density at radius 3 is 2.14 bits per heavy atom. The number of carbonyl (C=O) groups is 2. The van der Waals surface area contributed by atoms with Gasteiger partial charge in [0.15, 0.2) is 0 Å². The number of hydrogen-bond acceptors (Lipinski definition) is 7. The van der Waals surface area contributed by atoms with E-state index in [0.29, 0.717) is 28.4 Å². The molecule has 0 aliphatic heterocycles. The molecule has 0 amide bonds. The van der Waals surface area contributed by atoms with Gasteiger partial charge in [-0.1, -0.05) is 23.7 Å². The number of carbonyl (C=O) groups excluding carboxylic acids is 2. The molecule has 1 aromatic carbocycles. The van der Waals surface area contributed by atoms with E-state index >= 15 is 0 Å². The first-order chi connectivity index (χ1) is 16.4. The molecule has 0 spiro atoms. The fourth-order valence-corrected chi connectivity index (χ4v) is 4.56. The van der Waals surface area contributed by atoms with Gasteiger partial charge in [0.1, 0.15) is 11.2 Å². The highest BCUT2D eigenvalue weighted by Gasteiger charge is 2.53. The van der Waals surface area contributed by atoms with Crippen LogP contribution in [0.1, 0.15) is 72.8 Å². The molecule has 0 saturated carbocycles. The summed E-state index contributed by atoms with van der Waals surface area (Å²) in [6.45, 7) is 13.8. The normalized spacial score (nSPS) is 23.0. The fraction of sp³-hybridized carbons (Fsp3) is 0.643. The molecule has 1 aliphatic rings. The second-order valence-electron chi connectivity index (χ2n) is 12.1. The van der Waals surface area contributed by atoms with E-state index in [2.05, 4.69) is 10.2 Å². The second-order valence-corrected chi connectivity index (χ2v) is 12.5. The van der Waals surface area contributed by atoms with E-state index < -0.39 is 40.6 Å². The van der Waals surface area contributed by atoms with Crippen LogP contribution >= 0.6 is 11.6 Å². The van der Waals surface area contributed by atoms with Gasteiger partial charge in [-0.25, -0.2) is 4.79 Å². The van der Waals surface area contributed by atoms with Crippen LogP contribution in [-0.4, -0.2) is 65.9 Å². The van der Waals surface area contributed by atoms with Gasteiger partial charge < -0.3 is 24.8 Å². The molecule has 0 radical (unpaired) electrons. The number of aliphatic hydroxyl groups is 1. The van der Waals surface area contributed by atoms with Crippen molar-refractivity contribution in [2.24, 2.45) is 5.92 Å². The van der Waals surface area contributed by atoms with Crippen LogP contribution in [0.25, 0.3) is 0 Å². The number of nitrogens with zero attached hydrogens (tertiary/aromatic N) is 1. The Labute approximate surface area is 221 Å². The molecule has 202 valence electrons. The van der Waals surface area contributed by atoms with Crippen LogP contribution in [0.4, 0.5) is 0 Å². The third kappa shape index (κ3) is 8.49. The summed E-state index contributed by atoms with van der Waals surface area (Å²) in [5.74, 6) is -2.93. The Hall–Kier alpha value is -2.09. The van der Waals surface area contributed by atoms with E-state index in [0.717, 1.165) is 13.0 Å². The van der Waals surface area contributed by atoms with Crippen LogP contribution in [0, 0.1) is 5.92 Å². The molecule has 0 unspecified atom stereocenters. The molecule has 1 aliphatic carbocycles. The van der Waals surface area contributed by atoms with Gasteiger partial charge in [0.2, 0.25) is 0 Å². The minimum absolute atomic E-state index is 0.0809. The minimum Gasteiger partial charge on any atom is -0.460 e. The number of hydrogen-bond donors (Lipinski definition) is 2. The van der Waals surface area contributed by atoms with E-state index in [1.54, 1.807) is 72.7 Å². The number of esters is 2. The second kappa shape index (κ2) is 11.5. The summed E-state index contributed by atoms with van der Waals surface area (Å²) in [5, 5.41) is 15.6. The first-order valence-electron chi connectivity index (χ1n) is 12.5. The van der Waals surface area contributed by atoms with Crippen LogP contribution in [0.3, 0.4) is 0 Å². The zero-order valence-electron chi connectivity index (χ0n) is 23.2. The van der Waals surface area contributed by atoms with Crippen molar-refractivity contribution in [1.29, 1.82) is 0 Å². The van der Waals surface area contributed by atoms with Crippen molar-refractivity contribution in [2.75, 3.05) is 27.2 Å². The fourth-order valence-electron chi connectivity index (χ4n) is 4.44. The molecule has 0 aromatic heterocycles. The van der Waals surface area contributed by atoms with Crippen molar-refractivity contribution in [3.05, 3.63) is 46.1 Å². The van der Waals surface area contributed by atoms with E-state index in [1.807, 2.05) is 14.1 Å². The summed E-state index contributed by atoms with van der Waals surface area (Å²) in [5.41, 5.74) is -1.41. The molecule has 8 heteroatoms. The van der Waals surface area contributed by atoms with Crippen molar-refractivity contribution in [2.45, 2.75) is 84.0 Å². The Balaban J connectivity index is 2.70. The standard InChI is InChI=1S/C28H43ClN2O5/c1-26(2,3)35-24(32)22-20(30-15-10-16-31(8)9)17-28(7,34)23(25(33)36-27(4,5)6)21(22)18-11-13-19(29)14-12-18/h11-14,21,23,30,34H,10,15-17H2,1-9H3/t21-,23-,28-/m0/s1. The lowest BCUT2D eigenvalue weighted by Crippen LogP contribution is -2.52. The largest absolute Gasteiger partial charge is 0.460 e. The predicted molar refractivity (Wildman–Crippen MR) is 143 cm³/mol. The van der Waals surface area contributed by atoms with E-state index in [4.69, 9.17) is 21.1 Å². The lowest BCUT2D eigenvalue weighted by atomic mass is 9.65. The van der Waals surface area contributed by atoms with Gasteiger partial charge in [0, 0.05) is 29.6 Å². The van der Waals surface area contributed by atoms with Gasteiger partial charge in [0.05, 0.1) is 17.1 Å². The minimum atomic E-state index is -1.48. The molecule has 0 bridgehead atoms. The molecule has 0 saturated heterocycles. The van der Waals surface area contributed by atoms with Crippen LogP contribution in [0.2, 0.25) is 5.02 Å². The summed E-state index contributed by atoms with van der Waals surface area (Å²) in [6.07, 6.45) is 0.916. The number of nitrogens with one attached hydrogen (secondary N) is 1. The molecule has 1 aromatic rings. The maximum absolute atomic E-state index is 13.7. The highest BCUT2D eigenvalue weighted by molar-refractivity contribution is 6.30. The number of ether oxygens (including phenoxy) is 2. The monoisotopic (exact) mass is 522 g/mol. The maximum Gasteiger partial charge on any atom is 0.336 e. The number of halogens is 1. The average molecular weight is 523 g/mol. The molecule has 7 nitrogen and oxygen atoms in total. The summed E-state index contributed by atoms with van der Waals surface area (Å²) in [6, 6.07) is 6.98. The van der Waals surface area contributed by atoms with E-state index in [1.165, 1.54) is 0 Å². The molecule has 2 N–H and O–H groups in total. The topological polar surface area (TPSA) is 88.1 Å². The molecular formula is C28H43ClN2O5. The Kier molecular flexibility index (Phi) is 9.65. The van der Waals surface area contributed by atoms with Gasteiger partial charge in [0.25, 0.3) is 0 Å².